The lowest BCUT2D eigenvalue weighted by atomic mass is 9.93. The standard InChI is InChI=1S/C16H22N2O3S/c1-11-4-8-22-15(11)16(20)18-5-3-13-9-17(12(2)19)6-7-21-14(13)10-18/h4,8,13-14H,3,5-7,9-10H2,1-2H3/t13-,14-/m0/s1. The second kappa shape index (κ2) is 6.38. The molecule has 0 bridgehead atoms. The van der Waals surface area contributed by atoms with Crippen LogP contribution < -0.4 is 0 Å². The quantitative estimate of drug-likeness (QED) is 0.792. The Labute approximate surface area is 134 Å². The molecule has 0 saturated carbocycles. The third-order valence-electron chi connectivity index (χ3n) is 4.63. The van der Waals surface area contributed by atoms with E-state index in [2.05, 4.69) is 0 Å². The predicted octanol–water partition coefficient (Wildman–Crippen LogP) is 1.77. The zero-order valence-electron chi connectivity index (χ0n) is 13.1. The lowest BCUT2D eigenvalue weighted by Crippen LogP contribution is -2.49. The molecule has 1 aromatic rings. The van der Waals surface area contributed by atoms with Crippen molar-refractivity contribution in [3.05, 3.63) is 21.9 Å². The smallest absolute Gasteiger partial charge is 0.264 e. The van der Waals surface area contributed by atoms with Crippen LogP contribution in [0.15, 0.2) is 11.4 Å². The zero-order chi connectivity index (χ0) is 15.7. The Morgan fingerprint density at radius 3 is 2.77 bits per heavy atom. The Kier molecular flexibility index (Phi) is 4.49. The van der Waals surface area contributed by atoms with Crippen molar-refractivity contribution in [2.45, 2.75) is 26.4 Å². The molecule has 1 aromatic heterocycles. The van der Waals surface area contributed by atoms with Gasteiger partial charge in [-0.1, -0.05) is 0 Å². The van der Waals surface area contributed by atoms with Crippen LogP contribution in [0.3, 0.4) is 0 Å². The molecule has 2 saturated heterocycles. The summed E-state index contributed by atoms with van der Waals surface area (Å²) in [6.07, 6.45) is 0.937. The van der Waals surface area contributed by atoms with E-state index in [0.717, 1.165) is 30.0 Å². The van der Waals surface area contributed by atoms with Crippen molar-refractivity contribution in [1.82, 2.24) is 9.80 Å². The maximum absolute atomic E-state index is 12.6. The Morgan fingerprint density at radius 1 is 1.27 bits per heavy atom. The fourth-order valence-electron chi connectivity index (χ4n) is 3.26. The molecule has 0 radical (unpaired) electrons. The average Bonchev–Trinajstić information content (AvgIpc) is 2.81. The second-order valence-corrected chi connectivity index (χ2v) is 7.02. The number of aryl methyl sites for hydroxylation is 1. The van der Waals surface area contributed by atoms with E-state index < -0.39 is 0 Å². The van der Waals surface area contributed by atoms with Crippen molar-refractivity contribution in [2.24, 2.45) is 5.92 Å². The van der Waals surface area contributed by atoms with E-state index in [1.54, 1.807) is 6.92 Å². The molecule has 0 spiro atoms. The van der Waals surface area contributed by atoms with Gasteiger partial charge in [-0.15, -0.1) is 11.3 Å². The Bertz CT molecular complexity index is 571. The monoisotopic (exact) mass is 322 g/mol. The van der Waals surface area contributed by atoms with E-state index >= 15 is 0 Å². The fraction of sp³-hybridized carbons (Fsp3) is 0.625. The molecular formula is C16H22N2O3S. The number of hydrogen-bond acceptors (Lipinski definition) is 4. The van der Waals surface area contributed by atoms with Gasteiger partial charge in [0, 0.05) is 39.0 Å². The molecule has 2 aliphatic heterocycles. The number of carbonyl (C=O) groups is 2. The van der Waals surface area contributed by atoms with Crippen LogP contribution >= 0.6 is 11.3 Å². The van der Waals surface area contributed by atoms with E-state index in [9.17, 15) is 9.59 Å². The number of nitrogens with zero attached hydrogens (tertiary/aromatic N) is 2. The molecule has 22 heavy (non-hydrogen) atoms. The minimum Gasteiger partial charge on any atom is -0.374 e. The van der Waals surface area contributed by atoms with Gasteiger partial charge in [-0.05, 0) is 30.4 Å². The number of ether oxygens (including phenoxy) is 1. The Morgan fingerprint density at radius 2 is 2.09 bits per heavy atom. The maximum Gasteiger partial charge on any atom is 0.264 e. The summed E-state index contributed by atoms with van der Waals surface area (Å²) in [5, 5.41) is 1.96. The maximum atomic E-state index is 12.6. The minimum atomic E-state index is 0.0438. The van der Waals surface area contributed by atoms with Gasteiger partial charge in [0.2, 0.25) is 5.91 Å². The Balaban J connectivity index is 1.68. The van der Waals surface area contributed by atoms with Gasteiger partial charge in [-0.25, -0.2) is 0 Å². The van der Waals surface area contributed by atoms with Crippen LogP contribution in [0.25, 0.3) is 0 Å². The predicted molar refractivity (Wildman–Crippen MR) is 85.1 cm³/mol. The summed E-state index contributed by atoms with van der Waals surface area (Å²) in [6, 6.07) is 1.98. The molecule has 3 rings (SSSR count). The summed E-state index contributed by atoms with van der Waals surface area (Å²) >= 11 is 1.50. The van der Waals surface area contributed by atoms with Gasteiger partial charge < -0.3 is 14.5 Å². The third-order valence-corrected chi connectivity index (χ3v) is 5.64. The number of hydrogen-bond donors (Lipinski definition) is 0. The normalized spacial score (nSPS) is 25.5. The van der Waals surface area contributed by atoms with Crippen LogP contribution in [0.2, 0.25) is 0 Å². The number of fused-ring (bicyclic) bond motifs is 1. The lowest BCUT2D eigenvalue weighted by molar-refractivity contribution is -0.129. The van der Waals surface area contributed by atoms with E-state index in [1.165, 1.54) is 11.3 Å². The van der Waals surface area contributed by atoms with E-state index in [0.29, 0.717) is 25.6 Å². The van der Waals surface area contributed by atoms with Gasteiger partial charge in [-0.2, -0.15) is 0 Å². The Hall–Kier alpha value is -1.40. The van der Waals surface area contributed by atoms with Crippen LogP contribution in [0.4, 0.5) is 0 Å². The van der Waals surface area contributed by atoms with E-state index in [-0.39, 0.29) is 17.9 Å². The highest BCUT2D eigenvalue weighted by Crippen LogP contribution is 2.27. The number of piperidine rings is 1. The average molecular weight is 322 g/mol. The summed E-state index contributed by atoms with van der Waals surface area (Å²) in [6.45, 7) is 6.92. The number of thiophene rings is 1. The summed E-state index contributed by atoms with van der Waals surface area (Å²) in [5.74, 6) is 0.555. The summed E-state index contributed by atoms with van der Waals surface area (Å²) < 4.78 is 5.93. The molecule has 2 amide bonds. The highest BCUT2D eigenvalue weighted by molar-refractivity contribution is 7.12. The van der Waals surface area contributed by atoms with Crippen molar-refractivity contribution >= 4 is 23.2 Å². The molecule has 2 fully saturated rings. The first kappa shape index (κ1) is 15.5. The van der Waals surface area contributed by atoms with Crippen LogP contribution in [0, 0.1) is 12.8 Å². The lowest BCUT2D eigenvalue weighted by Gasteiger charge is -2.37. The first-order valence-electron chi connectivity index (χ1n) is 7.76. The topological polar surface area (TPSA) is 49.9 Å². The molecule has 6 heteroatoms. The SMILES string of the molecule is CC(=O)N1CCO[C@H]2CN(C(=O)c3sccc3C)CC[C@H]2C1. The minimum absolute atomic E-state index is 0.0438. The number of carbonyl (C=O) groups excluding carboxylic acids is 2. The first-order chi connectivity index (χ1) is 10.6. The van der Waals surface area contributed by atoms with Crippen molar-refractivity contribution in [2.75, 3.05) is 32.8 Å². The third kappa shape index (κ3) is 3.03. The molecule has 2 aliphatic rings. The van der Waals surface area contributed by atoms with Gasteiger partial charge in [0.1, 0.15) is 0 Å². The van der Waals surface area contributed by atoms with Crippen LogP contribution in [-0.2, 0) is 9.53 Å². The highest BCUT2D eigenvalue weighted by atomic mass is 32.1. The van der Waals surface area contributed by atoms with Crippen LogP contribution in [0.1, 0.15) is 28.6 Å². The first-order valence-corrected chi connectivity index (χ1v) is 8.64. The fourth-order valence-corrected chi connectivity index (χ4v) is 4.15. The number of likely N-dealkylation sites (tertiary alicyclic amines) is 1. The number of amides is 2. The molecule has 0 unspecified atom stereocenters. The summed E-state index contributed by atoms with van der Waals surface area (Å²) in [4.78, 5) is 28.8. The van der Waals surface area contributed by atoms with Gasteiger partial charge in [0.05, 0.1) is 17.6 Å². The van der Waals surface area contributed by atoms with Crippen molar-refractivity contribution in [1.29, 1.82) is 0 Å². The second-order valence-electron chi connectivity index (χ2n) is 6.11. The molecule has 0 aromatic carbocycles. The van der Waals surface area contributed by atoms with Crippen LogP contribution in [0.5, 0.6) is 0 Å². The van der Waals surface area contributed by atoms with Gasteiger partial charge in [0.15, 0.2) is 0 Å². The van der Waals surface area contributed by atoms with Crippen molar-refractivity contribution in [3.63, 3.8) is 0 Å². The summed E-state index contributed by atoms with van der Waals surface area (Å²) in [5.41, 5.74) is 1.04. The molecule has 0 aliphatic carbocycles. The molecule has 120 valence electrons. The molecule has 3 heterocycles. The van der Waals surface area contributed by atoms with E-state index in [1.807, 2.05) is 28.2 Å². The molecule has 5 nitrogen and oxygen atoms in total. The van der Waals surface area contributed by atoms with Gasteiger partial charge >= 0.3 is 0 Å². The molecule has 2 atom stereocenters. The van der Waals surface area contributed by atoms with Crippen LogP contribution in [-0.4, -0.2) is 60.5 Å². The van der Waals surface area contributed by atoms with Crippen molar-refractivity contribution < 1.29 is 14.3 Å². The largest absolute Gasteiger partial charge is 0.374 e. The van der Waals surface area contributed by atoms with E-state index in [4.69, 9.17) is 4.74 Å². The van der Waals surface area contributed by atoms with Crippen molar-refractivity contribution in [3.8, 4) is 0 Å². The summed E-state index contributed by atoms with van der Waals surface area (Å²) in [7, 11) is 0. The number of rotatable bonds is 1. The van der Waals surface area contributed by atoms with Gasteiger partial charge in [0.25, 0.3) is 5.91 Å². The van der Waals surface area contributed by atoms with Gasteiger partial charge in [-0.3, -0.25) is 9.59 Å². The molecular weight excluding hydrogens is 300 g/mol. The zero-order valence-corrected chi connectivity index (χ0v) is 13.9. The molecule has 0 N–H and O–H groups in total. The highest BCUT2D eigenvalue weighted by Gasteiger charge is 2.36.